The lowest BCUT2D eigenvalue weighted by atomic mass is 10.0. The zero-order valence-electron chi connectivity index (χ0n) is 19.9. The summed E-state index contributed by atoms with van der Waals surface area (Å²) in [5.41, 5.74) is 5.64. The van der Waals surface area contributed by atoms with Gasteiger partial charge in [0.25, 0.3) is 0 Å². The summed E-state index contributed by atoms with van der Waals surface area (Å²) < 4.78 is 5.37. The number of aryl methyl sites for hydroxylation is 2. The number of thioether (sulfide) groups is 1. The molecule has 0 saturated carbocycles. The highest BCUT2D eigenvalue weighted by molar-refractivity contribution is 7.99. The normalized spacial score (nSPS) is 10.7. The average Bonchev–Trinajstić information content (AvgIpc) is 2.88. The molecule has 178 valence electrons. The number of hydrogen-bond acceptors (Lipinski definition) is 5. The Morgan fingerprint density at radius 1 is 0.914 bits per heavy atom. The van der Waals surface area contributed by atoms with Crippen LogP contribution in [0.3, 0.4) is 0 Å². The number of anilines is 1. The number of nitrogens with one attached hydrogen (secondary N) is 2. The van der Waals surface area contributed by atoms with Crippen molar-refractivity contribution in [3.8, 4) is 16.9 Å². The molecule has 35 heavy (non-hydrogen) atoms. The fourth-order valence-electron chi connectivity index (χ4n) is 3.81. The first-order chi connectivity index (χ1) is 16.9. The van der Waals surface area contributed by atoms with E-state index in [0.29, 0.717) is 0 Å². The van der Waals surface area contributed by atoms with E-state index in [0.717, 1.165) is 49.6 Å². The number of methoxy groups -OCH3 is 1. The van der Waals surface area contributed by atoms with Gasteiger partial charge in [-0.3, -0.25) is 9.59 Å². The maximum absolute atomic E-state index is 12.5. The van der Waals surface area contributed by atoms with Gasteiger partial charge in [0.05, 0.1) is 30.0 Å². The van der Waals surface area contributed by atoms with Gasteiger partial charge in [0.15, 0.2) is 0 Å². The molecule has 0 spiro atoms. The number of amides is 2. The fraction of sp³-hybridized carbons (Fsp3) is 0.179. The van der Waals surface area contributed by atoms with Crippen molar-refractivity contribution in [3.63, 3.8) is 0 Å². The number of nitrogens with zero attached hydrogens (tertiary/aromatic N) is 1. The summed E-state index contributed by atoms with van der Waals surface area (Å²) in [4.78, 5) is 29.5. The van der Waals surface area contributed by atoms with Crippen LogP contribution >= 0.6 is 11.8 Å². The van der Waals surface area contributed by atoms with Crippen LogP contribution < -0.4 is 15.4 Å². The third-order valence-corrected chi connectivity index (χ3v) is 6.53. The molecular weight excluding hydrogens is 458 g/mol. The third-order valence-electron chi connectivity index (χ3n) is 5.62. The second kappa shape index (κ2) is 11.1. The van der Waals surface area contributed by atoms with Crippen molar-refractivity contribution in [2.75, 3.05) is 24.7 Å². The Balaban J connectivity index is 1.43. The molecule has 4 aromatic rings. The van der Waals surface area contributed by atoms with Gasteiger partial charge < -0.3 is 15.4 Å². The van der Waals surface area contributed by atoms with Gasteiger partial charge in [0, 0.05) is 17.1 Å². The van der Waals surface area contributed by atoms with Gasteiger partial charge in [-0.25, -0.2) is 4.98 Å². The average molecular weight is 486 g/mol. The van der Waals surface area contributed by atoms with Crippen molar-refractivity contribution in [2.45, 2.75) is 18.9 Å². The highest BCUT2D eigenvalue weighted by Gasteiger charge is 2.13. The zero-order chi connectivity index (χ0) is 24.8. The van der Waals surface area contributed by atoms with Gasteiger partial charge in [-0.2, -0.15) is 0 Å². The number of benzene rings is 3. The van der Waals surface area contributed by atoms with Crippen molar-refractivity contribution in [3.05, 3.63) is 83.9 Å². The van der Waals surface area contributed by atoms with Gasteiger partial charge in [-0.1, -0.05) is 60.3 Å². The predicted octanol–water partition coefficient (Wildman–Crippen LogP) is 5.37. The quantitative estimate of drug-likeness (QED) is 0.328. The van der Waals surface area contributed by atoms with Crippen molar-refractivity contribution >= 4 is 40.2 Å². The van der Waals surface area contributed by atoms with E-state index in [1.165, 1.54) is 11.8 Å². The van der Waals surface area contributed by atoms with Crippen LogP contribution in [0.2, 0.25) is 0 Å². The SMILES string of the molecule is COc1ccc2c(-c3ccccc3)cc(SCC(=O)NCC(=O)Nc3c(C)cccc3C)nc2c1. The standard InChI is InChI=1S/C28H27N3O3S/c1-18-8-7-9-19(2)28(18)31-25(32)16-29-26(33)17-35-27-15-23(20-10-5-4-6-11-20)22-13-12-21(34-3)14-24(22)30-27/h4-15H,16-17H2,1-3H3,(H,29,33)(H,31,32). The minimum atomic E-state index is -0.261. The van der Waals surface area contributed by atoms with E-state index in [1.54, 1.807) is 7.11 Å². The molecule has 0 aliphatic heterocycles. The molecule has 6 nitrogen and oxygen atoms in total. The Morgan fingerprint density at radius 3 is 2.37 bits per heavy atom. The third kappa shape index (κ3) is 6.00. The Kier molecular flexibility index (Phi) is 7.67. The Labute approximate surface area is 209 Å². The van der Waals surface area contributed by atoms with Gasteiger partial charge in [0.2, 0.25) is 11.8 Å². The molecule has 3 aromatic carbocycles. The van der Waals surface area contributed by atoms with Crippen LogP contribution in [0.25, 0.3) is 22.0 Å². The molecule has 2 amide bonds. The number of para-hydroxylation sites is 1. The van der Waals surface area contributed by atoms with Crippen LogP contribution in [0.4, 0.5) is 5.69 Å². The molecule has 0 atom stereocenters. The molecule has 2 N–H and O–H groups in total. The number of aromatic nitrogens is 1. The van der Waals surface area contributed by atoms with Crippen LogP contribution in [-0.2, 0) is 9.59 Å². The topological polar surface area (TPSA) is 80.3 Å². The molecule has 0 unspecified atom stereocenters. The highest BCUT2D eigenvalue weighted by Crippen LogP contribution is 2.33. The van der Waals surface area contributed by atoms with Gasteiger partial charge >= 0.3 is 0 Å². The van der Waals surface area contributed by atoms with Crippen molar-refractivity contribution in [1.29, 1.82) is 0 Å². The Morgan fingerprint density at radius 2 is 1.66 bits per heavy atom. The summed E-state index contributed by atoms with van der Waals surface area (Å²) in [6, 6.07) is 23.7. The largest absolute Gasteiger partial charge is 0.497 e. The summed E-state index contributed by atoms with van der Waals surface area (Å²) in [6.07, 6.45) is 0. The summed E-state index contributed by atoms with van der Waals surface area (Å²) in [7, 11) is 1.62. The fourth-order valence-corrected chi connectivity index (χ4v) is 4.55. The van der Waals surface area contributed by atoms with Gasteiger partial charge in [-0.15, -0.1) is 0 Å². The van der Waals surface area contributed by atoms with E-state index >= 15 is 0 Å². The van der Waals surface area contributed by atoms with Gasteiger partial charge in [-0.05, 0) is 54.3 Å². The van der Waals surface area contributed by atoms with Gasteiger partial charge in [0.1, 0.15) is 5.75 Å². The Bertz CT molecular complexity index is 1350. The zero-order valence-corrected chi connectivity index (χ0v) is 20.7. The van der Waals surface area contributed by atoms with Crippen LogP contribution in [0.15, 0.2) is 77.8 Å². The number of ether oxygens (including phenoxy) is 1. The maximum atomic E-state index is 12.5. The van der Waals surface area contributed by atoms with E-state index in [-0.39, 0.29) is 24.1 Å². The van der Waals surface area contributed by atoms with E-state index in [4.69, 9.17) is 9.72 Å². The first-order valence-electron chi connectivity index (χ1n) is 11.2. The second-order valence-electron chi connectivity index (χ2n) is 8.14. The minimum absolute atomic E-state index is 0.0925. The van der Waals surface area contributed by atoms with Crippen LogP contribution in [-0.4, -0.2) is 36.2 Å². The molecule has 0 bridgehead atoms. The lowest BCUT2D eigenvalue weighted by Gasteiger charge is -2.12. The molecule has 1 heterocycles. The second-order valence-corrected chi connectivity index (χ2v) is 9.13. The lowest BCUT2D eigenvalue weighted by molar-refractivity contribution is -0.122. The smallest absolute Gasteiger partial charge is 0.243 e. The van der Waals surface area contributed by atoms with Crippen LogP contribution in [0.5, 0.6) is 5.75 Å². The van der Waals surface area contributed by atoms with Crippen molar-refractivity contribution in [1.82, 2.24) is 10.3 Å². The van der Waals surface area contributed by atoms with Crippen LogP contribution in [0, 0.1) is 13.8 Å². The highest BCUT2D eigenvalue weighted by atomic mass is 32.2. The molecule has 0 saturated heterocycles. The first kappa shape index (κ1) is 24.3. The molecule has 0 aliphatic rings. The lowest BCUT2D eigenvalue weighted by Crippen LogP contribution is -2.34. The summed E-state index contributed by atoms with van der Waals surface area (Å²) >= 11 is 1.33. The summed E-state index contributed by atoms with van der Waals surface area (Å²) in [5, 5.41) is 7.30. The number of pyridine rings is 1. The van der Waals surface area contributed by atoms with E-state index < -0.39 is 0 Å². The van der Waals surface area contributed by atoms with E-state index in [9.17, 15) is 9.59 Å². The van der Waals surface area contributed by atoms with Crippen LogP contribution in [0.1, 0.15) is 11.1 Å². The summed E-state index contributed by atoms with van der Waals surface area (Å²) in [6.45, 7) is 3.78. The number of rotatable bonds is 8. The molecule has 0 radical (unpaired) electrons. The molecule has 4 rings (SSSR count). The number of hydrogen-bond donors (Lipinski definition) is 2. The van der Waals surface area contributed by atoms with Crippen molar-refractivity contribution < 1.29 is 14.3 Å². The summed E-state index contributed by atoms with van der Waals surface area (Å²) in [5.74, 6) is 0.371. The first-order valence-corrected chi connectivity index (χ1v) is 12.2. The van der Waals surface area contributed by atoms with E-state index in [2.05, 4.69) is 22.8 Å². The molecule has 0 aliphatic carbocycles. The molecule has 1 aromatic heterocycles. The number of carbonyl (C=O) groups excluding carboxylic acids is 2. The molecule has 7 heteroatoms. The number of carbonyl (C=O) groups is 2. The van der Waals surface area contributed by atoms with Crippen molar-refractivity contribution in [2.24, 2.45) is 0 Å². The maximum Gasteiger partial charge on any atom is 0.243 e. The monoisotopic (exact) mass is 485 g/mol. The van der Waals surface area contributed by atoms with E-state index in [1.807, 2.05) is 74.5 Å². The Hall–Kier alpha value is -3.84. The number of fused-ring (bicyclic) bond motifs is 1. The predicted molar refractivity (Wildman–Crippen MR) is 142 cm³/mol. The molecular formula is C28H27N3O3S. The molecule has 0 fully saturated rings. The minimum Gasteiger partial charge on any atom is -0.497 e.